The average Bonchev–Trinajstić information content (AvgIpc) is 2.97. The molecule has 4 heteroatoms. The molecule has 1 saturated heterocycles. The monoisotopic (exact) mass is 266 g/mol. The molecule has 2 bridgehead atoms. The highest BCUT2D eigenvalue weighted by Gasteiger charge is 2.58. The zero-order chi connectivity index (χ0) is 13.6. The number of fused-ring (bicyclic) bond motifs is 4. The number of hydrogen-bond donors (Lipinski definition) is 0. The lowest BCUT2D eigenvalue weighted by atomic mass is 9.71. The Bertz CT molecular complexity index is 424. The zero-order valence-corrected chi connectivity index (χ0v) is 11.9. The zero-order valence-electron chi connectivity index (χ0n) is 11.9. The number of carbonyl (C=O) groups excluding carboxylic acids is 1. The second kappa shape index (κ2) is 4.69. The van der Waals surface area contributed by atoms with Gasteiger partial charge in [0.15, 0.2) is 6.29 Å². The van der Waals surface area contributed by atoms with Gasteiger partial charge in [-0.1, -0.05) is 0 Å². The summed E-state index contributed by atoms with van der Waals surface area (Å²) in [5, 5.41) is 0. The van der Waals surface area contributed by atoms with Gasteiger partial charge in [-0.15, -0.1) is 0 Å². The Morgan fingerprint density at radius 2 is 2.11 bits per heavy atom. The van der Waals surface area contributed by atoms with E-state index in [4.69, 9.17) is 14.2 Å². The highest BCUT2D eigenvalue weighted by Crippen LogP contribution is 2.55. The van der Waals surface area contributed by atoms with Crippen molar-refractivity contribution in [2.45, 2.75) is 57.0 Å². The van der Waals surface area contributed by atoms with Crippen LogP contribution in [0.3, 0.4) is 0 Å². The molecule has 0 radical (unpaired) electrons. The van der Waals surface area contributed by atoms with Crippen LogP contribution in [0.1, 0.15) is 39.0 Å². The first-order valence-electron chi connectivity index (χ1n) is 7.08. The molecule has 1 fully saturated rings. The van der Waals surface area contributed by atoms with Crippen LogP contribution < -0.4 is 0 Å². The van der Waals surface area contributed by atoms with Crippen LogP contribution in [0, 0.1) is 5.92 Å². The van der Waals surface area contributed by atoms with Gasteiger partial charge in [-0.05, 0) is 50.2 Å². The molecule has 0 saturated carbocycles. The smallest absolute Gasteiger partial charge is 0.189 e. The van der Waals surface area contributed by atoms with Crippen molar-refractivity contribution in [3.05, 3.63) is 11.1 Å². The summed E-state index contributed by atoms with van der Waals surface area (Å²) in [5.41, 5.74) is 2.33. The van der Waals surface area contributed by atoms with E-state index in [1.165, 1.54) is 11.1 Å². The molecule has 0 N–H and O–H groups in total. The molecule has 0 aromatic carbocycles. The summed E-state index contributed by atoms with van der Waals surface area (Å²) < 4.78 is 17.2. The van der Waals surface area contributed by atoms with Crippen molar-refractivity contribution in [1.29, 1.82) is 0 Å². The minimum Gasteiger partial charge on any atom is -0.358 e. The second-order valence-corrected chi connectivity index (χ2v) is 5.89. The molecule has 2 aliphatic heterocycles. The lowest BCUT2D eigenvalue weighted by Crippen LogP contribution is -2.45. The van der Waals surface area contributed by atoms with Crippen LogP contribution in [0.15, 0.2) is 11.1 Å². The van der Waals surface area contributed by atoms with E-state index < -0.39 is 0 Å². The Kier molecular flexibility index (Phi) is 3.28. The van der Waals surface area contributed by atoms with Gasteiger partial charge in [-0.3, -0.25) is 4.79 Å². The number of hydrogen-bond acceptors (Lipinski definition) is 4. The topological polar surface area (TPSA) is 44.8 Å². The summed E-state index contributed by atoms with van der Waals surface area (Å²) in [6.07, 6.45) is 4.59. The predicted molar refractivity (Wildman–Crippen MR) is 69.7 cm³/mol. The third kappa shape index (κ3) is 1.81. The summed E-state index contributed by atoms with van der Waals surface area (Å²) in [7, 11) is 3.33. The molecule has 0 unspecified atom stereocenters. The van der Waals surface area contributed by atoms with E-state index in [1.807, 2.05) is 0 Å². The van der Waals surface area contributed by atoms with Gasteiger partial charge in [0.2, 0.25) is 0 Å². The Labute approximate surface area is 114 Å². The highest BCUT2D eigenvalue weighted by molar-refractivity contribution is 5.79. The summed E-state index contributed by atoms with van der Waals surface area (Å²) in [5.74, 6) is 0.487. The lowest BCUT2D eigenvalue weighted by molar-refractivity contribution is -0.204. The van der Waals surface area contributed by atoms with Crippen LogP contribution in [0.25, 0.3) is 0 Å². The van der Waals surface area contributed by atoms with Crippen molar-refractivity contribution in [1.82, 2.24) is 0 Å². The Morgan fingerprint density at radius 1 is 1.37 bits per heavy atom. The molecule has 3 atom stereocenters. The predicted octanol–water partition coefficient (Wildman–Crippen LogP) is 2.22. The van der Waals surface area contributed by atoms with E-state index in [2.05, 4.69) is 0 Å². The van der Waals surface area contributed by atoms with E-state index in [1.54, 1.807) is 21.1 Å². The van der Waals surface area contributed by atoms with Gasteiger partial charge in [0.05, 0.1) is 6.10 Å². The number of methoxy groups -OCH3 is 2. The molecule has 3 aliphatic rings. The van der Waals surface area contributed by atoms with Gasteiger partial charge >= 0.3 is 0 Å². The van der Waals surface area contributed by atoms with Gasteiger partial charge in [0.1, 0.15) is 11.4 Å². The van der Waals surface area contributed by atoms with Crippen molar-refractivity contribution in [2.24, 2.45) is 5.92 Å². The molecule has 0 aromatic heterocycles. The Hall–Kier alpha value is -0.710. The molecule has 3 rings (SSSR count). The van der Waals surface area contributed by atoms with Crippen molar-refractivity contribution in [2.75, 3.05) is 14.2 Å². The van der Waals surface area contributed by atoms with Crippen LogP contribution in [0.5, 0.6) is 0 Å². The number of ether oxygens (including phenoxy) is 3. The number of ketones is 1. The maximum Gasteiger partial charge on any atom is 0.189 e. The van der Waals surface area contributed by atoms with Crippen molar-refractivity contribution < 1.29 is 19.0 Å². The van der Waals surface area contributed by atoms with Gasteiger partial charge in [0, 0.05) is 20.1 Å². The highest BCUT2D eigenvalue weighted by atomic mass is 16.7. The van der Waals surface area contributed by atoms with Crippen molar-refractivity contribution >= 4 is 5.78 Å². The summed E-state index contributed by atoms with van der Waals surface area (Å²) in [4.78, 5) is 11.6. The second-order valence-electron chi connectivity index (χ2n) is 5.89. The first kappa shape index (κ1) is 13.3. The largest absolute Gasteiger partial charge is 0.358 e. The molecule has 2 heterocycles. The fourth-order valence-corrected chi connectivity index (χ4v) is 4.10. The van der Waals surface area contributed by atoms with Crippen molar-refractivity contribution in [3.63, 3.8) is 0 Å². The molecular formula is C15H22O4. The summed E-state index contributed by atoms with van der Waals surface area (Å²) in [6.45, 7) is 1.70. The molecule has 1 aliphatic carbocycles. The molecule has 106 valence electrons. The normalized spacial score (nSPS) is 37.1. The van der Waals surface area contributed by atoms with Crippen LogP contribution in [-0.4, -0.2) is 38.0 Å². The van der Waals surface area contributed by atoms with E-state index >= 15 is 0 Å². The fourth-order valence-electron chi connectivity index (χ4n) is 4.10. The average molecular weight is 266 g/mol. The van der Waals surface area contributed by atoms with Gasteiger partial charge in [-0.2, -0.15) is 0 Å². The summed E-state index contributed by atoms with van der Waals surface area (Å²) in [6, 6.07) is 0. The minimum absolute atomic E-state index is 0.183. The number of carbonyl (C=O) groups is 1. The van der Waals surface area contributed by atoms with E-state index in [-0.39, 0.29) is 23.9 Å². The van der Waals surface area contributed by atoms with Gasteiger partial charge in [-0.25, -0.2) is 0 Å². The Morgan fingerprint density at radius 3 is 2.74 bits per heavy atom. The van der Waals surface area contributed by atoms with E-state index in [0.717, 1.165) is 32.1 Å². The molecule has 0 aromatic rings. The maximum absolute atomic E-state index is 11.6. The molecule has 0 spiro atoms. The molecule has 0 amide bonds. The van der Waals surface area contributed by atoms with E-state index in [0.29, 0.717) is 5.78 Å². The fraction of sp³-hybridized carbons (Fsp3) is 0.800. The molecule has 4 nitrogen and oxygen atoms in total. The van der Waals surface area contributed by atoms with Gasteiger partial charge in [0.25, 0.3) is 0 Å². The first-order chi connectivity index (χ1) is 9.12. The maximum atomic E-state index is 11.6. The SMILES string of the molecule is COC(OC)[C@@]12CC[C@@H](O1)C1=C2CC[C@H](C(C)=O)C1. The lowest BCUT2D eigenvalue weighted by Gasteiger charge is -2.37. The molecule has 19 heavy (non-hydrogen) atoms. The van der Waals surface area contributed by atoms with Crippen LogP contribution in [0.4, 0.5) is 0 Å². The first-order valence-corrected chi connectivity index (χ1v) is 7.08. The van der Waals surface area contributed by atoms with Crippen LogP contribution in [-0.2, 0) is 19.0 Å². The van der Waals surface area contributed by atoms with E-state index in [9.17, 15) is 4.79 Å². The molecular weight excluding hydrogens is 244 g/mol. The van der Waals surface area contributed by atoms with Crippen molar-refractivity contribution in [3.8, 4) is 0 Å². The van der Waals surface area contributed by atoms with Crippen LogP contribution in [0.2, 0.25) is 0 Å². The standard InChI is InChI=1S/C15H22O4/c1-9(16)10-4-5-12-11(8-10)13-6-7-15(12,19-13)14(17-2)18-3/h10,13-14H,4-8H2,1-3H3/t10-,13+,15-/m0/s1. The Balaban J connectivity index is 1.92. The van der Waals surface area contributed by atoms with Crippen LogP contribution >= 0.6 is 0 Å². The number of rotatable bonds is 4. The third-order valence-corrected chi connectivity index (χ3v) is 5.01. The summed E-state index contributed by atoms with van der Waals surface area (Å²) >= 11 is 0. The quantitative estimate of drug-likeness (QED) is 0.578. The minimum atomic E-state index is -0.384. The third-order valence-electron chi connectivity index (χ3n) is 5.01. The van der Waals surface area contributed by atoms with Gasteiger partial charge < -0.3 is 14.2 Å². The number of Topliss-reactive ketones (excluding diaryl/α,β-unsaturated/α-hetero) is 1.